The zero-order valence-electron chi connectivity index (χ0n) is 32.0. The molecule has 1 aromatic heterocycles. The number of phenolic OH excluding ortho intramolecular Hbond substituents is 1. The Hall–Kier alpha value is -5.82. The molecule has 0 aliphatic heterocycles. The third kappa shape index (κ3) is 11.1. The molecule has 0 saturated carbocycles. The highest BCUT2D eigenvalue weighted by Crippen LogP contribution is 2.34. The van der Waals surface area contributed by atoms with Gasteiger partial charge in [0.05, 0.1) is 12.2 Å². The van der Waals surface area contributed by atoms with Crippen LogP contribution in [0.2, 0.25) is 0 Å². The number of unbranched alkanes of at least 4 members (excludes halogenated alkanes) is 9. The Balaban J connectivity index is 1.14. The molecule has 0 spiro atoms. The topological polar surface area (TPSA) is 94.4 Å². The third-order valence-corrected chi connectivity index (χ3v) is 9.73. The lowest BCUT2D eigenvalue weighted by molar-refractivity contribution is -0.151. The molecule has 0 aliphatic carbocycles. The number of aromatic hydroxyl groups is 1. The van der Waals surface area contributed by atoms with Gasteiger partial charge in [0.25, 0.3) is 0 Å². The standard InChI is InChI=1S/C48H51N3O4/c1-3-4-5-6-7-8-9-10-11-18-33-54-48(53)35(2)55-42-31-32-43(44(52)34-42)47-50-45(40-27-23-38(24-28-40)36-19-14-12-15-20-36)49-46(51-47)41-29-25-39(26-30-41)37-21-16-13-17-22-37/h12-17,19-32,34-35,52H,3-11,18,33H2,1-2H3. The van der Waals surface area contributed by atoms with Crippen LogP contribution in [0.25, 0.3) is 56.4 Å². The number of nitrogens with zero attached hydrogens (tertiary/aromatic N) is 3. The van der Waals surface area contributed by atoms with E-state index in [0.717, 1.165) is 52.6 Å². The highest BCUT2D eigenvalue weighted by Gasteiger charge is 2.19. The fourth-order valence-corrected chi connectivity index (χ4v) is 6.54. The van der Waals surface area contributed by atoms with Crippen molar-refractivity contribution in [2.45, 2.75) is 84.2 Å². The van der Waals surface area contributed by atoms with Crippen LogP contribution in [0.5, 0.6) is 11.5 Å². The molecule has 55 heavy (non-hydrogen) atoms. The van der Waals surface area contributed by atoms with Crippen LogP contribution in [0.1, 0.15) is 78.1 Å². The first-order chi connectivity index (χ1) is 27.0. The van der Waals surface area contributed by atoms with Crippen LogP contribution >= 0.6 is 0 Å². The summed E-state index contributed by atoms with van der Waals surface area (Å²) < 4.78 is 11.4. The number of esters is 1. The molecule has 6 aromatic rings. The number of aromatic nitrogens is 3. The predicted octanol–water partition coefficient (Wildman–Crippen LogP) is 12.1. The minimum absolute atomic E-state index is 0.0784. The van der Waals surface area contributed by atoms with E-state index in [9.17, 15) is 9.90 Å². The van der Waals surface area contributed by atoms with Crippen molar-refractivity contribution in [1.82, 2.24) is 15.0 Å². The van der Waals surface area contributed by atoms with E-state index in [-0.39, 0.29) is 5.75 Å². The van der Waals surface area contributed by atoms with E-state index in [2.05, 4.69) is 55.5 Å². The summed E-state index contributed by atoms with van der Waals surface area (Å²) in [6, 6.07) is 41.5. The molecule has 7 heteroatoms. The maximum absolute atomic E-state index is 12.7. The van der Waals surface area contributed by atoms with Crippen molar-refractivity contribution in [3.63, 3.8) is 0 Å². The second-order valence-corrected chi connectivity index (χ2v) is 14.0. The molecule has 0 amide bonds. The third-order valence-electron chi connectivity index (χ3n) is 9.73. The van der Waals surface area contributed by atoms with Gasteiger partial charge in [0.2, 0.25) is 0 Å². The minimum atomic E-state index is -0.832. The number of phenols is 1. The van der Waals surface area contributed by atoms with Gasteiger partial charge in [0.15, 0.2) is 23.6 Å². The summed E-state index contributed by atoms with van der Waals surface area (Å²) in [5.41, 5.74) is 6.45. The molecule has 1 heterocycles. The van der Waals surface area contributed by atoms with Gasteiger partial charge in [-0.2, -0.15) is 0 Å². The molecule has 1 N–H and O–H groups in total. The Kier molecular flexibility index (Phi) is 14.2. The average Bonchev–Trinajstić information content (AvgIpc) is 3.23. The molecule has 7 nitrogen and oxygen atoms in total. The van der Waals surface area contributed by atoms with Crippen LogP contribution < -0.4 is 4.74 Å². The molecule has 1 atom stereocenters. The van der Waals surface area contributed by atoms with Gasteiger partial charge in [-0.1, -0.05) is 174 Å². The first-order valence-electron chi connectivity index (χ1n) is 19.7. The van der Waals surface area contributed by atoms with Crippen molar-refractivity contribution >= 4 is 5.97 Å². The number of rotatable bonds is 19. The first-order valence-corrected chi connectivity index (χ1v) is 19.7. The van der Waals surface area contributed by atoms with Crippen LogP contribution in [0.3, 0.4) is 0 Å². The monoisotopic (exact) mass is 733 g/mol. The van der Waals surface area contributed by atoms with Gasteiger partial charge in [-0.05, 0) is 47.7 Å². The van der Waals surface area contributed by atoms with Crippen molar-refractivity contribution < 1.29 is 19.4 Å². The van der Waals surface area contributed by atoms with Gasteiger partial charge in [-0.15, -0.1) is 0 Å². The lowest BCUT2D eigenvalue weighted by atomic mass is 10.0. The SMILES string of the molecule is CCCCCCCCCCCCOC(=O)C(C)Oc1ccc(-c2nc(-c3ccc(-c4ccccc4)cc3)nc(-c3ccc(-c4ccccc4)cc3)n2)c(O)c1. The van der Waals surface area contributed by atoms with Gasteiger partial charge < -0.3 is 14.6 Å². The molecular weight excluding hydrogens is 683 g/mol. The average molecular weight is 734 g/mol. The van der Waals surface area contributed by atoms with Crippen molar-refractivity contribution in [2.24, 2.45) is 0 Å². The van der Waals surface area contributed by atoms with Crippen LogP contribution in [-0.4, -0.2) is 38.7 Å². The lowest BCUT2D eigenvalue weighted by Gasteiger charge is -2.15. The van der Waals surface area contributed by atoms with Gasteiger partial charge in [-0.25, -0.2) is 19.7 Å². The number of benzene rings is 5. The Morgan fingerprint density at radius 2 is 0.982 bits per heavy atom. The summed E-state index contributed by atoms with van der Waals surface area (Å²) in [5, 5.41) is 11.3. The Labute approximate surface area is 325 Å². The molecule has 0 radical (unpaired) electrons. The summed E-state index contributed by atoms with van der Waals surface area (Å²) >= 11 is 0. The highest BCUT2D eigenvalue weighted by atomic mass is 16.6. The quantitative estimate of drug-likeness (QED) is 0.0654. The van der Waals surface area contributed by atoms with E-state index in [1.54, 1.807) is 19.1 Å². The Morgan fingerprint density at radius 1 is 0.545 bits per heavy atom. The molecule has 1 unspecified atom stereocenters. The number of ether oxygens (including phenoxy) is 2. The number of hydrogen-bond acceptors (Lipinski definition) is 7. The highest BCUT2D eigenvalue weighted by molar-refractivity contribution is 5.76. The molecule has 282 valence electrons. The van der Waals surface area contributed by atoms with Crippen molar-refractivity contribution in [3.8, 4) is 67.9 Å². The van der Waals surface area contributed by atoms with Gasteiger partial charge in [0, 0.05) is 17.2 Å². The minimum Gasteiger partial charge on any atom is -0.507 e. The smallest absolute Gasteiger partial charge is 0.347 e. The van der Waals surface area contributed by atoms with E-state index in [1.165, 1.54) is 51.0 Å². The van der Waals surface area contributed by atoms with E-state index in [1.807, 2.05) is 60.7 Å². The molecule has 0 fully saturated rings. The second-order valence-electron chi connectivity index (χ2n) is 14.0. The molecule has 6 rings (SSSR count). The van der Waals surface area contributed by atoms with Crippen LogP contribution in [-0.2, 0) is 9.53 Å². The van der Waals surface area contributed by atoms with Crippen molar-refractivity contribution in [2.75, 3.05) is 6.61 Å². The van der Waals surface area contributed by atoms with Crippen LogP contribution in [0, 0.1) is 0 Å². The van der Waals surface area contributed by atoms with E-state index in [0.29, 0.717) is 35.4 Å². The lowest BCUT2D eigenvalue weighted by Crippen LogP contribution is -2.26. The zero-order valence-corrected chi connectivity index (χ0v) is 32.0. The number of carbonyl (C=O) groups excluding carboxylic acids is 1. The largest absolute Gasteiger partial charge is 0.507 e. The fraction of sp³-hybridized carbons (Fsp3) is 0.292. The van der Waals surface area contributed by atoms with Gasteiger partial charge in [-0.3, -0.25) is 0 Å². The van der Waals surface area contributed by atoms with Crippen LogP contribution in [0.4, 0.5) is 0 Å². The molecule has 5 aromatic carbocycles. The summed E-state index contributed by atoms with van der Waals surface area (Å²) in [4.78, 5) is 27.2. The summed E-state index contributed by atoms with van der Waals surface area (Å²) in [5.74, 6) is 1.10. The zero-order chi connectivity index (χ0) is 38.2. The normalized spacial score (nSPS) is 11.6. The van der Waals surface area contributed by atoms with Gasteiger partial charge in [0.1, 0.15) is 11.5 Å². The van der Waals surface area contributed by atoms with Crippen LogP contribution in [0.15, 0.2) is 127 Å². The van der Waals surface area contributed by atoms with Gasteiger partial charge >= 0.3 is 5.97 Å². The van der Waals surface area contributed by atoms with E-state index >= 15 is 0 Å². The van der Waals surface area contributed by atoms with E-state index in [4.69, 9.17) is 24.4 Å². The Bertz CT molecular complexity index is 1980. The Morgan fingerprint density at radius 3 is 1.47 bits per heavy atom. The maximum atomic E-state index is 12.7. The number of carbonyl (C=O) groups is 1. The van der Waals surface area contributed by atoms with E-state index < -0.39 is 12.1 Å². The molecule has 0 bridgehead atoms. The molecular formula is C48H51N3O4. The summed E-state index contributed by atoms with van der Waals surface area (Å²) in [6.45, 7) is 4.27. The molecule has 0 saturated heterocycles. The maximum Gasteiger partial charge on any atom is 0.347 e. The summed E-state index contributed by atoms with van der Waals surface area (Å²) in [7, 11) is 0. The first kappa shape index (κ1) is 38.9. The summed E-state index contributed by atoms with van der Waals surface area (Å²) in [6.07, 6.45) is 11.3. The number of hydrogen-bond donors (Lipinski definition) is 1. The van der Waals surface area contributed by atoms with Crippen molar-refractivity contribution in [3.05, 3.63) is 127 Å². The van der Waals surface area contributed by atoms with Crippen molar-refractivity contribution in [1.29, 1.82) is 0 Å². The molecule has 0 aliphatic rings. The second kappa shape index (κ2) is 20.0. The fourth-order valence-electron chi connectivity index (χ4n) is 6.54. The predicted molar refractivity (Wildman–Crippen MR) is 222 cm³/mol.